The minimum atomic E-state index is -0.307. The van der Waals surface area contributed by atoms with Gasteiger partial charge in [-0.15, -0.1) is 0 Å². The fourth-order valence-electron chi connectivity index (χ4n) is 2.89. The highest BCUT2D eigenvalue weighted by atomic mass is 16.2. The van der Waals surface area contributed by atoms with Gasteiger partial charge in [0.1, 0.15) is 5.82 Å². The van der Waals surface area contributed by atoms with Gasteiger partial charge in [0.05, 0.1) is 6.42 Å². The summed E-state index contributed by atoms with van der Waals surface area (Å²) in [4.78, 5) is 28.1. The van der Waals surface area contributed by atoms with E-state index >= 15 is 0 Å². The highest BCUT2D eigenvalue weighted by Crippen LogP contribution is 2.24. The van der Waals surface area contributed by atoms with Crippen LogP contribution in [0.2, 0.25) is 0 Å². The normalized spacial score (nSPS) is 18.4. The number of nitrogens with zero attached hydrogens (tertiary/aromatic N) is 2. The Bertz CT molecular complexity index is 720. The van der Waals surface area contributed by atoms with Crippen LogP contribution in [0.3, 0.4) is 0 Å². The number of carbonyl (C=O) groups is 1. The SMILES string of the molecule is Nc1cccc(CC(=O)N2CCCC(c3n[nH]c(=O)[nH]3)C2)c1. The van der Waals surface area contributed by atoms with Crippen molar-refractivity contribution >= 4 is 11.6 Å². The van der Waals surface area contributed by atoms with E-state index in [2.05, 4.69) is 15.2 Å². The molecule has 0 bridgehead atoms. The van der Waals surface area contributed by atoms with Gasteiger partial charge in [-0.05, 0) is 30.5 Å². The first kappa shape index (κ1) is 14.4. The number of benzene rings is 1. The van der Waals surface area contributed by atoms with Gasteiger partial charge in [-0.3, -0.25) is 9.78 Å². The molecule has 0 aliphatic carbocycles. The van der Waals surface area contributed by atoms with E-state index in [9.17, 15) is 9.59 Å². The van der Waals surface area contributed by atoms with Crippen LogP contribution in [0.25, 0.3) is 0 Å². The number of nitrogen functional groups attached to an aromatic ring is 1. The summed E-state index contributed by atoms with van der Waals surface area (Å²) >= 11 is 0. The summed E-state index contributed by atoms with van der Waals surface area (Å²) < 4.78 is 0. The number of nitrogens with one attached hydrogen (secondary N) is 2. The average molecular weight is 301 g/mol. The molecule has 22 heavy (non-hydrogen) atoms. The number of rotatable bonds is 3. The van der Waals surface area contributed by atoms with E-state index in [-0.39, 0.29) is 17.5 Å². The molecule has 0 spiro atoms. The summed E-state index contributed by atoms with van der Waals surface area (Å²) in [6.45, 7) is 1.33. The molecule has 1 atom stereocenters. The summed E-state index contributed by atoms with van der Waals surface area (Å²) in [5.41, 5.74) is 7.02. The molecule has 1 aromatic carbocycles. The van der Waals surface area contributed by atoms with E-state index in [1.165, 1.54) is 0 Å². The maximum atomic E-state index is 12.4. The third-order valence-electron chi connectivity index (χ3n) is 3.99. The zero-order valence-electron chi connectivity index (χ0n) is 12.2. The van der Waals surface area contributed by atoms with Crippen molar-refractivity contribution in [2.75, 3.05) is 18.8 Å². The minimum absolute atomic E-state index is 0.0770. The summed E-state index contributed by atoms with van der Waals surface area (Å²) in [6, 6.07) is 7.38. The number of aromatic nitrogens is 3. The lowest BCUT2D eigenvalue weighted by Crippen LogP contribution is -2.40. The van der Waals surface area contributed by atoms with Gasteiger partial charge in [0.2, 0.25) is 5.91 Å². The number of anilines is 1. The van der Waals surface area contributed by atoms with Crippen molar-refractivity contribution in [3.05, 3.63) is 46.1 Å². The second-order valence-electron chi connectivity index (χ2n) is 5.66. The number of aromatic amines is 2. The van der Waals surface area contributed by atoms with Crippen LogP contribution in [0.15, 0.2) is 29.1 Å². The summed E-state index contributed by atoms with van der Waals surface area (Å²) in [5.74, 6) is 0.789. The molecule has 4 N–H and O–H groups in total. The van der Waals surface area contributed by atoms with Gasteiger partial charge in [0.25, 0.3) is 0 Å². The molecule has 1 unspecified atom stereocenters. The molecule has 7 heteroatoms. The van der Waals surface area contributed by atoms with Gasteiger partial charge in [0.15, 0.2) is 0 Å². The minimum Gasteiger partial charge on any atom is -0.399 e. The summed E-state index contributed by atoms with van der Waals surface area (Å²) in [5, 5.41) is 6.36. The smallest absolute Gasteiger partial charge is 0.340 e. The molecule has 1 aromatic heterocycles. The van der Waals surface area contributed by atoms with E-state index < -0.39 is 0 Å². The van der Waals surface area contributed by atoms with Gasteiger partial charge in [0, 0.05) is 24.7 Å². The van der Waals surface area contributed by atoms with Crippen LogP contribution in [-0.2, 0) is 11.2 Å². The number of hydrogen-bond acceptors (Lipinski definition) is 4. The van der Waals surface area contributed by atoms with Crippen LogP contribution >= 0.6 is 0 Å². The van der Waals surface area contributed by atoms with Gasteiger partial charge in [-0.25, -0.2) is 9.89 Å². The van der Waals surface area contributed by atoms with Crippen LogP contribution < -0.4 is 11.4 Å². The van der Waals surface area contributed by atoms with Gasteiger partial charge < -0.3 is 10.6 Å². The molecule has 1 amide bonds. The molecular formula is C15H19N5O2. The predicted octanol–water partition coefficient (Wildman–Crippen LogP) is 0.629. The number of carbonyl (C=O) groups excluding carboxylic acids is 1. The second-order valence-corrected chi connectivity index (χ2v) is 5.66. The van der Waals surface area contributed by atoms with Crippen LogP contribution in [0.1, 0.15) is 30.1 Å². The average Bonchev–Trinajstić information content (AvgIpc) is 2.94. The number of H-pyrrole nitrogens is 2. The first-order valence-corrected chi connectivity index (χ1v) is 7.38. The Balaban J connectivity index is 1.66. The zero-order valence-corrected chi connectivity index (χ0v) is 12.2. The van der Waals surface area contributed by atoms with Crippen molar-refractivity contribution < 1.29 is 4.79 Å². The summed E-state index contributed by atoms with van der Waals surface area (Å²) in [6.07, 6.45) is 2.17. The third-order valence-corrected chi connectivity index (χ3v) is 3.99. The lowest BCUT2D eigenvalue weighted by Gasteiger charge is -2.31. The standard InChI is InChI=1S/C15H19N5O2/c16-12-5-1-3-10(7-12)8-13(21)20-6-2-4-11(9-20)14-17-15(22)19-18-14/h1,3,5,7,11H,2,4,6,8-9,16H2,(H2,17,18,19,22). The Morgan fingerprint density at radius 3 is 3.05 bits per heavy atom. The lowest BCUT2D eigenvalue weighted by molar-refractivity contribution is -0.131. The molecule has 3 rings (SSSR count). The molecule has 1 aliphatic heterocycles. The molecule has 2 heterocycles. The van der Waals surface area contributed by atoms with Crippen molar-refractivity contribution in [2.45, 2.75) is 25.2 Å². The van der Waals surface area contributed by atoms with Crippen molar-refractivity contribution in [3.8, 4) is 0 Å². The fraction of sp³-hybridized carbons (Fsp3) is 0.400. The topological polar surface area (TPSA) is 108 Å². The largest absolute Gasteiger partial charge is 0.399 e. The quantitative estimate of drug-likeness (QED) is 0.722. The predicted molar refractivity (Wildman–Crippen MR) is 82.3 cm³/mol. The maximum Gasteiger partial charge on any atom is 0.340 e. The zero-order chi connectivity index (χ0) is 15.5. The van der Waals surface area contributed by atoms with Crippen LogP contribution in [0.5, 0.6) is 0 Å². The fourth-order valence-corrected chi connectivity index (χ4v) is 2.89. The Kier molecular flexibility index (Phi) is 3.95. The van der Waals surface area contributed by atoms with Crippen molar-refractivity contribution in [1.29, 1.82) is 0 Å². The van der Waals surface area contributed by atoms with Gasteiger partial charge in [-0.2, -0.15) is 5.10 Å². The molecular weight excluding hydrogens is 282 g/mol. The van der Waals surface area contributed by atoms with Crippen molar-refractivity contribution in [3.63, 3.8) is 0 Å². The van der Waals surface area contributed by atoms with Gasteiger partial charge in [-0.1, -0.05) is 12.1 Å². The highest BCUT2D eigenvalue weighted by Gasteiger charge is 2.26. The number of nitrogens with two attached hydrogens (primary N) is 1. The molecule has 0 saturated carbocycles. The van der Waals surface area contributed by atoms with E-state index in [4.69, 9.17) is 5.73 Å². The van der Waals surface area contributed by atoms with Crippen LogP contribution in [-0.4, -0.2) is 39.1 Å². The molecule has 7 nitrogen and oxygen atoms in total. The van der Waals surface area contributed by atoms with Crippen molar-refractivity contribution in [1.82, 2.24) is 20.1 Å². The van der Waals surface area contributed by atoms with E-state index in [1.807, 2.05) is 23.1 Å². The van der Waals surface area contributed by atoms with Gasteiger partial charge >= 0.3 is 5.69 Å². The molecule has 1 saturated heterocycles. The highest BCUT2D eigenvalue weighted by molar-refractivity contribution is 5.79. The van der Waals surface area contributed by atoms with Crippen LogP contribution in [0, 0.1) is 0 Å². The Morgan fingerprint density at radius 1 is 1.45 bits per heavy atom. The third kappa shape index (κ3) is 3.19. The molecule has 1 aliphatic rings. The maximum absolute atomic E-state index is 12.4. The van der Waals surface area contributed by atoms with Crippen molar-refractivity contribution in [2.24, 2.45) is 0 Å². The first-order valence-electron chi connectivity index (χ1n) is 7.38. The monoisotopic (exact) mass is 301 g/mol. The number of likely N-dealkylation sites (tertiary alicyclic amines) is 1. The molecule has 1 fully saturated rings. The number of hydrogen-bond donors (Lipinski definition) is 3. The Hall–Kier alpha value is -2.57. The van der Waals surface area contributed by atoms with Crippen LogP contribution in [0.4, 0.5) is 5.69 Å². The Labute approximate surface area is 127 Å². The number of amides is 1. The summed E-state index contributed by atoms with van der Waals surface area (Å²) in [7, 11) is 0. The molecule has 116 valence electrons. The number of piperidine rings is 1. The second kappa shape index (κ2) is 6.05. The first-order chi connectivity index (χ1) is 10.6. The van der Waals surface area contributed by atoms with E-state index in [0.29, 0.717) is 24.5 Å². The lowest BCUT2D eigenvalue weighted by atomic mass is 9.97. The van der Waals surface area contributed by atoms with E-state index in [0.717, 1.165) is 24.9 Å². The molecule has 0 radical (unpaired) electrons. The molecule has 2 aromatic rings. The Morgan fingerprint density at radius 2 is 2.32 bits per heavy atom. The van der Waals surface area contributed by atoms with E-state index in [1.54, 1.807) is 6.07 Å².